The molecule has 6 aromatic rings. The van der Waals surface area contributed by atoms with Gasteiger partial charge in [-0.25, -0.2) is 17.8 Å². The summed E-state index contributed by atoms with van der Waals surface area (Å²) in [6, 6.07) is 22.8. The zero-order valence-electron chi connectivity index (χ0n) is 23.0. The standard InChI is InChI=1S/C32H26FN3O4S2/c1-4-42(38,39)36-25-17-26-24(28(31(37)34-3)30(40-26)19-11-13-22(33)14-12-19)16-23(25)20-8-6-9-21(15-20)32-35-29-18(2)7-5-10-27(29)41-32/h5-17,36H,4H2,1-3H3,(H,34,37). The van der Waals surface area contributed by atoms with Gasteiger partial charge in [-0.15, -0.1) is 11.3 Å². The maximum absolute atomic E-state index is 13.7. The summed E-state index contributed by atoms with van der Waals surface area (Å²) >= 11 is 1.58. The zero-order chi connectivity index (χ0) is 29.6. The number of nitrogens with zero attached hydrogens (tertiary/aromatic N) is 1. The van der Waals surface area contributed by atoms with Crippen LogP contribution in [0.25, 0.3) is 54.2 Å². The van der Waals surface area contributed by atoms with Crippen molar-refractivity contribution in [1.29, 1.82) is 0 Å². The number of furan rings is 1. The van der Waals surface area contributed by atoms with Gasteiger partial charge in [-0.1, -0.05) is 30.3 Å². The molecular weight excluding hydrogens is 574 g/mol. The fourth-order valence-electron chi connectivity index (χ4n) is 4.89. The van der Waals surface area contributed by atoms with Gasteiger partial charge in [0.2, 0.25) is 10.0 Å². The van der Waals surface area contributed by atoms with E-state index in [0.717, 1.165) is 31.9 Å². The smallest absolute Gasteiger partial charge is 0.255 e. The van der Waals surface area contributed by atoms with Gasteiger partial charge >= 0.3 is 0 Å². The van der Waals surface area contributed by atoms with E-state index in [9.17, 15) is 17.6 Å². The molecular formula is C32H26FN3O4S2. The van der Waals surface area contributed by atoms with Gasteiger partial charge in [-0.05, 0) is 67.4 Å². The average molecular weight is 600 g/mol. The lowest BCUT2D eigenvalue weighted by molar-refractivity contribution is 0.0964. The van der Waals surface area contributed by atoms with Gasteiger partial charge in [0.05, 0.1) is 27.2 Å². The highest BCUT2D eigenvalue weighted by Crippen LogP contribution is 2.41. The molecule has 42 heavy (non-hydrogen) atoms. The van der Waals surface area contributed by atoms with Crippen LogP contribution in [-0.2, 0) is 10.0 Å². The first-order valence-electron chi connectivity index (χ1n) is 13.2. The third kappa shape index (κ3) is 5.03. The third-order valence-corrected chi connectivity index (χ3v) is 9.44. The summed E-state index contributed by atoms with van der Waals surface area (Å²) in [5.74, 6) is -0.681. The molecule has 4 aromatic carbocycles. The second kappa shape index (κ2) is 10.7. The van der Waals surface area contributed by atoms with Crippen LogP contribution in [0, 0.1) is 12.7 Å². The number of rotatable bonds is 7. The number of aryl methyl sites for hydroxylation is 1. The van der Waals surface area contributed by atoms with E-state index in [4.69, 9.17) is 9.40 Å². The number of halogens is 1. The molecule has 0 aliphatic carbocycles. The molecule has 0 saturated heterocycles. The summed E-state index contributed by atoms with van der Waals surface area (Å²) in [7, 11) is -2.14. The molecule has 0 atom stereocenters. The van der Waals surface area contributed by atoms with Crippen molar-refractivity contribution >= 4 is 54.1 Å². The number of carbonyl (C=O) groups is 1. The number of para-hydroxylation sites is 1. The Labute approximate surface area is 246 Å². The number of amides is 1. The first-order valence-corrected chi connectivity index (χ1v) is 15.7. The molecule has 7 nitrogen and oxygen atoms in total. The zero-order valence-corrected chi connectivity index (χ0v) is 24.6. The minimum absolute atomic E-state index is 0.127. The van der Waals surface area contributed by atoms with Crippen molar-refractivity contribution in [1.82, 2.24) is 10.3 Å². The number of nitrogens with one attached hydrogen (secondary N) is 2. The predicted molar refractivity (Wildman–Crippen MR) is 167 cm³/mol. The van der Waals surface area contributed by atoms with Crippen LogP contribution in [0.2, 0.25) is 0 Å². The van der Waals surface area contributed by atoms with Crippen molar-refractivity contribution in [2.45, 2.75) is 13.8 Å². The minimum Gasteiger partial charge on any atom is -0.455 e. The first-order chi connectivity index (χ1) is 20.2. The first kappa shape index (κ1) is 27.6. The van der Waals surface area contributed by atoms with E-state index in [0.29, 0.717) is 27.8 Å². The van der Waals surface area contributed by atoms with E-state index in [1.54, 1.807) is 30.4 Å². The molecule has 1 amide bonds. The van der Waals surface area contributed by atoms with Gasteiger partial charge in [-0.3, -0.25) is 9.52 Å². The number of fused-ring (bicyclic) bond motifs is 2. The van der Waals surface area contributed by atoms with Crippen molar-refractivity contribution in [2.75, 3.05) is 17.5 Å². The van der Waals surface area contributed by atoms with Crippen molar-refractivity contribution in [2.24, 2.45) is 0 Å². The maximum atomic E-state index is 13.7. The van der Waals surface area contributed by atoms with Crippen LogP contribution >= 0.6 is 11.3 Å². The molecule has 0 spiro atoms. The molecule has 10 heteroatoms. The molecule has 0 bridgehead atoms. The molecule has 0 radical (unpaired) electrons. The van der Waals surface area contributed by atoms with Gasteiger partial charge in [-0.2, -0.15) is 0 Å². The molecule has 2 heterocycles. The highest BCUT2D eigenvalue weighted by atomic mass is 32.2. The van der Waals surface area contributed by atoms with Crippen molar-refractivity contribution in [3.63, 3.8) is 0 Å². The maximum Gasteiger partial charge on any atom is 0.255 e. The molecule has 0 aliphatic rings. The number of aromatic nitrogens is 1. The van der Waals surface area contributed by atoms with Gasteiger partial charge in [0.15, 0.2) is 0 Å². The Hall–Kier alpha value is -4.54. The molecule has 0 saturated carbocycles. The second-order valence-electron chi connectivity index (χ2n) is 9.81. The number of hydrogen-bond acceptors (Lipinski definition) is 6. The number of benzene rings is 4. The highest BCUT2D eigenvalue weighted by Gasteiger charge is 2.24. The lowest BCUT2D eigenvalue weighted by atomic mass is 9.97. The van der Waals surface area contributed by atoms with E-state index in [2.05, 4.69) is 10.0 Å². The fourth-order valence-corrected chi connectivity index (χ4v) is 6.58. The molecule has 212 valence electrons. The van der Waals surface area contributed by atoms with Gasteiger partial charge in [0.25, 0.3) is 5.91 Å². The van der Waals surface area contributed by atoms with Crippen LogP contribution in [0.1, 0.15) is 22.8 Å². The van der Waals surface area contributed by atoms with Crippen LogP contribution in [-0.4, -0.2) is 32.1 Å². The summed E-state index contributed by atoms with van der Waals surface area (Å²) in [5, 5.41) is 3.99. The quantitative estimate of drug-likeness (QED) is 0.197. The predicted octanol–water partition coefficient (Wildman–Crippen LogP) is 7.61. The van der Waals surface area contributed by atoms with Crippen molar-refractivity contribution in [3.8, 4) is 33.0 Å². The van der Waals surface area contributed by atoms with Crippen LogP contribution in [0.4, 0.5) is 10.1 Å². The summed E-state index contributed by atoms with van der Waals surface area (Å²) < 4.78 is 49.1. The molecule has 6 rings (SSSR count). The van der Waals surface area contributed by atoms with Gasteiger partial charge < -0.3 is 9.73 Å². The number of hydrogen-bond donors (Lipinski definition) is 2. The monoisotopic (exact) mass is 599 g/mol. The van der Waals surface area contributed by atoms with Gasteiger partial charge in [0.1, 0.15) is 22.2 Å². The number of carbonyl (C=O) groups excluding carboxylic acids is 1. The largest absolute Gasteiger partial charge is 0.455 e. The van der Waals surface area contributed by atoms with Crippen LogP contribution in [0.3, 0.4) is 0 Å². The Morgan fingerprint density at radius 2 is 1.71 bits per heavy atom. The minimum atomic E-state index is -3.66. The number of thiazole rings is 1. The van der Waals surface area contributed by atoms with Crippen molar-refractivity contribution < 1.29 is 22.0 Å². The molecule has 2 N–H and O–H groups in total. The Bertz CT molecular complexity index is 2100. The van der Waals surface area contributed by atoms with Crippen molar-refractivity contribution in [3.05, 3.63) is 95.8 Å². The summed E-state index contributed by atoms with van der Waals surface area (Å²) in [4.78, 5) is 18.0. The SMILES string of the molecule is CCS(=O)(=O)Nc1cc2oc(-c3ccc(F)cc3)c(C(=O)NC)c2cc1-c1cccc(-c2nc3c(C)cccc3s2)c1. The second-order valence-corrected chi connectivity index (χ2v) is 12.9. The number of anilines is 1. The van der Waals surface area contributed by atoms with E-state index < -0.39 is 15.8 Å². The Morgan fingerprint density at radius 1 is 0.976 bits per heavy atom. The Kier molecular flexibility index (Phi) is 7.04. The molecule has 2 aromatic heterocycles. The average Bonchev–Trinajstić information content (AvgIpc) is 3.59. The lowest BCUT2D eigenvalue weighted by Crippen LogP contribution is -2.18. The van der Waals surface area contributed by atoms with E-state index in [-0.39, 0.29) is 23.0 Å². The molecule has 0 fully saturated rings. The molecule has 0 unspecified atom stereocenters. The van der Waals surface area contributed by atoms with E-state index in [1.807, 2.05) is 49.4 Å². The summed E-state index contributed by atoms with van der Waals surface area (Å²) in [5.41, 5.74) is 5.60. The number of sulfonamides is 1. The topological polar surface area (TPSA) is 101 Å². The highest BCUT2D eigenvalue weighted by molar-refractivity contribution is 7.92. The normalized spacial score (nSPS) is 11.7. The van der Waals surface area contributed by atoms with Crippen LogP contribution in [0.5, 0.6) is 0 Å². The Morgan fingerprint density at radius 3 is 2.43 bits per heavy atom. The van der Waals surface area contributed by atoms with E-state index >= 15 is 0 Å². The van der Waals surface area contributed by atoms with Crippen LogP contribution < -0.4 is 10.0 Å². The van der Waals surface area contributed by atoms with Gasteiger partial charge in [0, 0.05) is 35.2 Å². The molecule has 0 aliphatic heterocycles. The van der Waals surface area contributed by atoms with Crippen LogP contribution in [0.15, 0.2) is 83.3 Å². The fraction of sp³-hybridized carbons (Fsp3) is 0.125. The third-order valence-electron chi connectivity index (χ3n) is 7.08. The Balaban J connectivity index is 1.58. The lowest BCUT2D eigenvalue weighted by Gasteiger charge is -2.13. The van der Waals surface area contributed by atoms with E-state index in [1.165, 1.54) is 31.3 Å². The summed E-state index contributed by atoms with van der Waals surface area (Å²) in [6.45, 7) is 3.58. The summed E-state index contributed by atoms with van der Waals surface area (Å²) in [6.07, 6.45) is 0.